The van der Waals surface area contributed by atoms with Gasteiger partial charge in [0.15, 0.2) is 11.6 Å². The van der Waals surface area contributed by atoms with E-state index in [1.165, 1.54) is 0 Å². The van der Waals surface area contributed by atoms with E-state index >= 15 is 0 Å². The molecule has 4 N–H and O–H groups in total. The van der Waals surface area contributed by atoms with Crippen LogP contribution in [0, 0.1) is 0 Å². The van der Waals surface area contributed by atoms with Crippen molar-refractivity contribution >= 4 is 34.3 Å². The number of hydrogen-bond donors (Lipinski definition) is 3. The number of nitrogens with two attached hydrogens (primary N) is 1. The van der Waals surface area contributed by atoms with Crippen LogP contribution in [-0.2, 0) is 0 Å². The quantitative estimate of drug-likeness (QED) is 0.492. The van der Waals surface area contributed by atoms with Crippen LogP contribution in [0.3, 0.4) is 0 Å². The average Bonchev–Trinajstić information content (AvgIpc) is 2.66. The largest absolute Gasteiger partial charge is 0.399 e. The monoisotopic (exact) mass is 343 g/mol. The van der Waals surface area contributed by atoms with Crippen molar-refractivity contribution in [3.05, 3.63) is 82.9 Å². The third-order valence-electron chi connectivity index (χ3n) is 4.51. The molecule has 1 aliphatic carbocycles. The van der Waals surface area contributed by atoms with Crippen molar-refractivity contribution in [2.24, 2.45) is 0 Å². The highest BCUT2D eigenvalue weighted by Crippen LogP contribution is 2.37. The molecular weight excluding hydrogens is 326 g/mol. The van der Waals surface area contributed by atoms with Gasteiger partial charge < -0.3 is 16.4 Å². The Bertz CT molecular complexity index is 1060. The second-order valence-corrected chi connectivity index (χ2v) is 6.11. The van der Waals surface area contributed by atoms with Crippen LogP contribution in [0.15, 0.2) is 60.7 Å². The van der Waals surface area contributed by atoms with Crippen LogP contribution in [0.5, 0.6) is 0 Å². The van der Waals surface area contributed by atoms with Gasteiger partial charge in [-0.05, 0) is 30.3 Å². The highest BCUT2D eigenvalue weighted by Gasteiger charge is 2.33. The highest BCUT2D eigenvalue weighted by atomic mass is 16.1. The van der Waals surface area contributed by atoms with E-state index in [1.807, 2.05) is 12.1 Å². The Kier molecular flexibility index (Phi) is 3.69. The van der Waals surface area contributed by atoms with Gasteiger partial charge in [0.05, 0.1) is 16.8 Å². The summed E-state index contributed by atoms with van der Waals surface area (Å²) in [7, 11) is 1.73. The first-order valence-electron chi connectivity index (χ1n) is 8.26. The smallest absolute Gasteiger partial charge is 0.196 e. The lowest BCUT2D eigenvalue weighted by atomic mass is 9.82. The van der Waals surface area contributed by atoms with Gasteiger partial charge in [0.1, 0.15) is 0 Å². The van der Waals surface area contributed by atoms with Gasteiger partial charge in [-0.2, -0.15) is 0 Å². The van der Waals surface area contributed by atoms with Gasteiger partial charge in [0.25, 0.3) is 0 Å². The summed E-state index contributed by atoms with van der Waals surface area (Å²) < 4.78 is 0. The van der Waals surface area contributed by atoms with E-state index in [0.29, 0.717) is 39.3 Å². The molecule has 0 amide bonds. The molecule has 0 radical (unpaired) electrons. The number of fused-ring (bicyclic) bond motifs is 2. The first-order valence-corrected chi connectivity index (χ1v) is 8.26. The van der Waals surface area contributed by atoms with Crippen molar-refractivity contribution in [1.29, 1.82) is 0 Å². The van der Waals surface area contributed by atoms with Crippen LogP contribution in [0.4, 0.5) is 22.7 Å². The SMILES string of the molecule is CNc1ccc(Nc2cccc(N)c2)c2c1C(=O)c1ccccc1C2=O. The van der Waals surface area contributed by atoms with Crippen molar-refractivity contribution < 1.29 is 9.59 Å². The molecule has 26 heavy (non-hydrogen) atoms. The number of anilines is 4. The molecule has 5 nitrogen and oxygen atoms in total. The maximum atomic E-state index is 13.2. The normalized spacial score (nSPS) is 12.3. The molecule has 4 rings (SSSR count). The van der Waals surface area contributed by atoms with Crippen LogP contribution >= 0.6 is 0 Å². The lowest BCUT2D eigenvalue weighted by Crippen LogP contribution is -2.23. The second kappa shape index (κ2) is 6.04. The van der Waals surface area contributed by atoms with Crippen LogP contribution in [-0.4, -0.2) is 18.6 Å². The molecule has 0 heterocycles. The van der Waals surface area contributed by atoms with E-state index < -0.39 is 0 Å². The topological polar surface area (TPSA) is 84.2 Å². The van der Waals surface area contributed by atoms with E-state index in [-0.39, 0.29) is 11.6 Å². The zero-order valence-corrected chi connectivity index (χ0v) is 14.2. The summed E-state index contributed by atoms with van der Waals surface area (Å²) in [6, 6.07) is 17.8. The van der Waals surface area contributed by atoms with Gasteiger partial charge in [-0.15, -0.1) is 0 Å². The van der Waals surface area contributed by atoms with Crippen molar-refractivity contribution in [1.82, 2.24) is 0 Å². The number of benzene rings is 3. The molecule has 0 bridgehead atoms. The fraction of sp³-hybridized carbons (Fsp3) is 0.0476. The van der Waals surface area contributed by atoms with Crippen molar-refractivity contribution in [3.8, 4) is 0 Å². The number of ketones is 2. The maximum absolute atomic E-state index is 13.2. The van der Waals surface area contributed by atoms with E-state index in [0.717, 1.165) is 5.69 Å². The average molecular weight is 343 g/mol. The Labute approximate surface area is 150 Å². The zero-order valence-electron chi connectivity index (χ0n) is 14.2. The van der Waals surface area contributed by atoms with Crippen molar-refractivity contribution in [2.75, 3.05) is 23.4 Å². The Balaban J connectivity index is 1.91. The summed E-state index contributed by atoms with van der Waals surface area (Å²) in [5.74, 6) is -0.325. The second-order valence-electron chi connectivity index (χ2n) is 6.11. The molecule has 0 spiro atoms. The fourth-order valence-corrected chi connectivity index (χ4v) is 3.31. The minimum atomic E-state index is -0.168. The maximum Gasteiger partial charge on any atom is 0.196 e. The summed E-state index contributed by atoms with van der Waals surface area (Å²) >= 11 is 0. The van der Waals surface area contributed by atoms with E-state index in [9.17, 15) is 9.59 Å². The first kappa shape index (κ1) is 15.9. The first-order chi connectivity index (χ1) is 12.6. The molecule has 0 atom stereocenters. The van der Waals surface area contributed by atoms with Crippen molar-refractivity contribution in [3.63, 3.8) is 0 Å². The Morgan fingerprint density at radius 3 is 2.00 bits per heavy atom. The third-order valence-corrected chi connectivity index (χ3v) is 4.51. The van der Waals surface area contributed by atoms with E-state index in [2.05, 4.69) is 10.6 Å². The molecule has 128 valence electrons. The van der Waals surface area contributed by atoms with E-state index in [1.54, 1.807) is 55.6 Å². The highest BCUT2D eigenvalue weighted by molar-refractivity contribution is 6.32. The molecule has 5 heteroatoms. The number of nitrogens with one attached hydrogen (secondary N) is 2. The third kappa shape index (κ3) is 2.41. The Hall–Kier alpha value is -3.60. The summed E-state index contributed by atoms with van der Waals surface area (Å²) in [5, 5.41) is 6.24. The number of carbonyl (C=O) groups excluding carboxylic acids is 2. The fourth-order valence-electron chi connectivity index (χ4n) is 3.31. The predicted molar refractivity (Wildman–Crippen MR) is 103 cm³/mol. The molecule has 0 unspecified atom stereocenters. The minimum absolute atomic E-state index is 0.157. The summed E-state index contributed by atoms with van der Waals surface area (Å²) in [6.45, 7) is 0. The Morgan fingerprint density at radius 1 is 0.769 bits per heavy atom. The molecule has 1 aliphatic rings. The summed E-state index contributed by atoms with van der Waals surface area (Å²) in [5.41, 5.74) is 10.0. The lowest BCUT2D eigenvalue weighted by molar-refractivity contribution is 0.0980. The van der Waals surface area contributed by atoms with Crippen LogP contribution < -0.4 is 16.4 Å². The summed E-state index contributed by atoms with van der Waals surface area (Å²) in [4.78, 5) is 26.2. The van der Waals surface area contributed by atoms with Crippen molar-refractivity contribution in [2.45, 2.75) is 0 Å². The van der Waals surface area contributed by atoms with Gasteiger partial charge in [0.2, 0.25) is 0 Å². The van der Waals surface area contributed by atoms with Gasteiger partial charge in [-0.1, -0.05) is 30.3 Å². The summed E-state index contributed by atoms with van der Waals surface area (Å²) in [6.07, 6.45) is 0. The molecule has 3 aromatic rings. The van der Waals surface area contributed by atoms with E-state index in [4.69, 9.17) is 5.73 Å². The number of carbonyl (C=O) groups is 2. The molecular formula is C21H17N3O2. The molecule has 0 aromatic heterocycles. The predicted octanol–water partition coefficient (Wildman–Crippen LogP) is 3.83. The zero-order chi connectivity index (χ0) is 18.3. The number of rotatable bonds is 3. The van der Waals surface area contributed by atoms with Gasteiger partial charge in [-0.25, -0.2) is 0 Å². The molecule has 0 saturated heterocycles. The van der Waals surface area contributed by atoms with Gasteiger partial charge in [0, 0.05) is 35.2 Å². The molecule has 0 fully saturated rings. The van der Waals surface area contributed by atoms with Crippen LogP contribution in [0.1, 0.15) is 31.8 Å². The number of hydrogen-bond acceptors (Lipinski definition) is 5. The molecule has 0 saturated carbocycles. The molecule has 3 aromatic carbocycles. The lowest BCUT2D eigenvalue weighted by Gasteiger charge is -2.23. The molecule has 0 aliphatic heterocycles. The van der Waals surface area contributed by atoms with Crippen LogP contribution in [0.25, 0.3) is 0 Å². The van der Waals surface area contributed by atoms with Gasteiger partial charge >= 0.3 is 0 Å². The van der Waals surface area contributed by atoms with Gasteiger partial charge in [-0.3, -0.25) is 9.59 Å². The standard InChI is InChI=1S/C21H17N3O2/c1-23-16-9-10-17(24-13-6-4-5-12(22)11-13)19-18(16)20(25)14-7-2-3-8-15(14)21(19)26/h2-11,23-24H,22H2,1H3. The van der Waals surface area contributed by atoms with Crippen LogP contribution in [0.2, 0.25) is 0 Å². The Morgan fingerprint density at radius 2 is 1.38 bits per heavy atom. The minimum Gasteiger partial charge on any atom is -0.399 e. The number of nitrogen functional groups attached to an aromatic ring is 1.